The highest BCUT2D eigenvalue weighted by molar-refractivity contribution is 7.10. The number of aryl methyl sites for hydroxylation is 1. The van der Waals surface area contributed by atoms with Crippen LogP contribution in [0, 0.1) is 12.3 Å². The second kappa shape index (κ2) is 11.6. The molecule has 2 saturated heterocycles. The number of benzene rings is 2. The number of hydrogen-bond donors (Lipinski definition) is 4. The van der Waals surface area contributed by atoms with Gasteiger partial charge in [-0.25, -0.2) is 0 Å². The number of nitrogens with zero attached hydrogens (tertiary/aromatic N) is 1. The van der Waals surface area contributed by atoms with Crippen LogP contribution < -0.4 is 16.4 Å². The van der Waals surface area contributed by atoms with Gasteiger partial charge in [0.25, 0.3) is 5.91 Å². The number of carbonyl (C=O) groups excluding carboxylic acids is 3. The zero-order valence-corrected chi connectivity index (χ0v) is 22.9. The first-order valence-electron chi connectivity index (χ1n) is 13.0. The van der Waals surface area contributed by atoms with E-state index in [4.69, 9.17) is 20.6 Å². The Kier molecular flexibility index (Phi) is 7.97. The smallest absolute Gasteiger partial charge is 0.251 e. The van der Waals surface area contributed by atoms with Gasteiger partial charge in [0.1, 0.15) is 11.9 Å². The Morgan fingerprint density at radius 3 is 2.50 bits per heavy atom. The maximum atomic E-state index is 13.3. The van der Waals surface area contributed by atoms with Crippen LogP contribution in [0.25, 0.3) is 11.1 Å². The number of thiophene rings is 1. The quantitative estimate of drug-likeness (QED) is 0.245. The van der Waals surface area contributed by atoms with E-state index in [-0.39, 0.29) is 43.7 Å². The van der Waals surface area contributed by atoms with E-state index in [9.17, 15) is 14.4 Å². The average molecular weight is 562 g/mol. The molecule has 0 aliphatic carbocycles. The van der Waals surface area contributed by atoms with Crippen LogP contribution in [0.15, 0.2) is 60.0 Å². The highest BCUT2D eigenvalue weighted by Crippen LogP contribution is 2.35. The van der Waals surface area contributed by atoms with Crippen LogP contribution in [-0.2, 0) is 25.6 Å². The number of nitrogens with one attached hydrogen (secondary N) is 3. The molecule has 5 rings (SSSR count). The lowest BCUT2D eigenvalue weighted by Gasteiger charge is -2.24. The van der Waals surface area contributed by atoms with Gasteiger partial charge in [0, 0.05) is 27.8 Å². The molecule has 1 atom stereocenters. The van der Waals surface area contributed by atoms with Gasteiger partial charge in [0.2, 0.25) is 11.8 Å². The standard InChI is InChI=1S/C29H31N5O5S/c1-18-11-20(7-8-23(18)19-5-3-2-4-6-19)27(36)33-15-25(35)34-17-29(38-9-10-39-29)13-24(34)28(37)32-14-22-12-21(16-40-22)26(30)31/h2-8,11-12,16,24H,9-10,13-15,17H2,1H3,(H3,30,31)(H,32,37)(H,33,36)/t24-/m0/s1. The van der Waals surface area contributed by atoms with Gasteiger partial charge in [-0.05, 0) is 41.8 Å². The number of likely N-dealkylation sites (tertiary alicyclic amines) is 1. The number of nitrogen functional groups attached to an aromatic ring is 1. The van der Waals surface area contributed by atoms with Crippen molar-refractivity contribution >= 4 is 34.9 Å². The molecule has 5 N–H and O–H groups in total. The summed E-state index contributed by atoms with van der Waals surface area (Å²) in [5.74, 6) is -2.20. The number of hydrogen-bond acceptors (Lipinski definition) is 7. The van der Waals surface area contributed by atoms with Gasteiger partial charge in [-0.2, -0.15) is 0 Å². The Hall–Kier alpha value is -4.06. The molecule has 3 aromatic rings. The van der Waals surface area contributed by atoms with Gasteiger partial charge >= 0.3 is 0 Å². The van der Waals surface area contributed by atoms with E-state index >= 15 is 0 Å². The van der Waals surface area contributed by atoms with E-state index in [0.717, 1.165) is 21.6 Å². The second-order valence-electron chi connectivity index (χ2n) is 9.86. The Morgan fingerprint density at radius 1 is 1.07 bits per heavy atom. The molecular weight excluding hydrogens is 530 g/mol. The SMILES string of the molecule is Cc1cc(C(=O)NCC(=O)N2CC3(C[C@H]2C(=O)NCc2cc(C(=N)N)cs2)OCCO3)ccc1-c1ccccc1. The van der Waals surface area contributed by atoms with E-state index in [0.29, 0.717) is 24.3 Å². The van der Waals surface area contributed by atoms with Crippen LogP contribution in [-0.4, -0.2) is 66.6 Å². The fraction of sp³-hybridized carbons (Fsp3) is 0.310. The number of ether oxygens (including phenoxy) is 2. The summed E-state index contributed by atoms with van der Waals surface area (Å²) in [6, 6.07) is 16.3. The Bertz CT molecular complexity index is 1430. The fourth-order valence-corrected chi connectivity index (χ4v) is 5.88. The molecule has 2 fully saturated rings. The van der Waals surface area contributed by atoms with Crippen molar-refractivity contribution in [1.29, 1.82) is 5.41 Å². The number of rotatable bonds is 8. The van der Waals surface area contributed by atoms with Crippen molar-refractivity contribution in [2.45, 2.75) is 31.7 Å². The summed E-state index contributed by atoms with van der Waals surface area (Å²) >= 11 is 1.39. The zero-order valence-electron chi connectivity index (χ0n) is 22.1. The molecule has 0 unspecified atom stereocenters. The minimum atomic E-state index is -1.03. The fourth-order valence-electron chi connectivity index (χ4n) is 5.05. The molecule has 3 amide bonds. The Labute approximate surface area is 236 Å². The maximum Gasteiger partial charge on any atom is 0.251 e. The minimum Gasteiger partial charge on any atom is -0.384 e. The predicted molar refractivity (Wildman–Crippen MR) is 151 cm³/mol. The van der Waals surface area contributed by atoms with Crippen molar-refractivity contribution < 1.29 is 23.9 Å². The molecule has 0 bridgehead atoms. The van der Waals surface area contributed by atoms with Gasteiger partial charge in [-0.3, -0.25) is 19.8 Å². The maximum absolute atomic E-state index is 13.3. The van der Waals surface area contributed by atoms with Gasteiger partial charge in [0.05, 0.1) is 32.8 Å². The first-order valence-corrected chi connectivity index (χ1v) is 13.8. The summed E-state index contributed by atoms with van der Waals surface area (Å²) in [5.41, 5.74) is 9.60. The number of nitrogens with two attached hydrogens (primary N) is 1. The van der Waals surface area contributed by atoms with Crippen LogP contribution in [0.5, 0.6) is 0 Å². The van der Waals surface area contributed by atoms with Crippen LogP contribution in [0.3, 0.4) is 0 Å². The van der Waals surface area contributed by atoms with E-state index in [2.05, 4.69) is 10.6 Å². The Balaban J connectivity index is 1.22. The lowest BCUT2D eigenvalue weighted by atomic mass is 9.98. The van der Waals surface area contributed by atoms with E-state index in [1.165, 1.54) is 16.2 Å². The van der Waals surface area contributed by atoms with Crippen molar-refractivity contribution in [3.63, 3.8) is 0 Å². The van der Waals surface area contributed by atoms with Crippen molar-refractivity contribution in [1.82, 2.24) is 15.5 Å². The lowest BCUT2D eigenvalue weighted by Crippen LogP contribution is -2.49. The first-order chi connectivity index (χ1) is 19.2. The molecule has 2 aliphatic rings. The largest absolute Gasteiger partial charge is 0.384 e. The second-order valence-corrected chi connectivity index (χ2v) is 10.9. The monoisotopic (exact) mass is 561 g/mol. The third kappa shape index (κ3) is 5.91. The van der Waals surface area contributed by atoms with Crippen molar-refractivity contribution in [3.8, 4) is 11.1 Å². The van der Waals surface area contributed by atoms with Crippen molar-refractivity contribution in [2.24, 2.45) is 5.73 Å². The molecule has 2 aromatic carbocycles. The summed E-state index contributed by atoms with van der Waals surface area (Å²) in [6.45, 7) is 2.76. The van der Waals surface area contributed by atoms with Crippen molar-refractivity contribution in [2.75, 3.05) is 26.3 Å². The minimum absolute atomic E-state index is 0.0387. The van der Waals surface area contributed by atoms with Crippen LogP contribution in [0.1, 0.15) is 32.8 Å². The number of amides is 3. The summed E-state index contributed by atoms with van der Waals surface area (Å²) in [6.07, 6.45) is 0.196. The predicted octanol–water partition coefficient (Wildman–Crippen LogP) is 2.40. The normalized spacial score (nSPS) is 17.6. The molecule has 40 heavy (non-hydrogen) atoms. The van der Waals surface area contributed by atoms with Gasteiger partial charge in [0.15, 0.2) is 5.79 Å². The molecular formula is C29H31N5O5S. The average Bonchev–Trinajstić information content (AvgIpc) is 3.71. The molecule has 0 radical (unpaired) electrons. The summed E-state index contributed by atoms with van der Waals surface area (Å²) in [4.78, 5) is 41.6. The summed E-state index contributed by atoms with van der Waals surface area (Å²) < 4.78 is 11.6. The first kappa shape index (κ1) is 27.5. The molecule has 2 aliphatic heterocycles. The van der Waals surface area contributed by atoms with Crippen molar-refractivity contribution in [3.05, 3.63) is 81.5 Å². The molecule has 208 valence electrons. The van der Waals surface area contributed by atoms with Gasteiger partial charge in [-0.15, -0.1) is 11.3 Å². The third-order valence-corrected chi connectivity index (χ3v) is 8.04. The van der Waals surface area contributed by atoms with E-state index in [1.807, 2.05) is 43.3 Å². The van der Waals surface area contributed by atoms with Crippen LogP contribution in [0.2, 0.25) is 0 Å². The summed E-state index contributed by atoms with van der Waals surface area (Å²) in [7, 11) is 0. The van der Waals surface area contributed by atoms with Crippen LogP contribution in [0.4, 0.5) is 0 Å². The van der Waals surface area contributed by atoms with E-state index in [1.54, 1.807) is 23.6 Å². The lowest BCUT2D eigenvalue weighted by molar-refractivity contribution is -0.152. The van der Waals surface area contributed by atoms with Gasteiger partial charge in [-0.1, -0.05) is 36.4 Å². The molecule has 11 heteroatoms. The molecule has 1 spiro atoms. The molecule has 10 nitrogen and oxygen atoms in total. The van der Waals surface area contributed by atoms with Gasteiger partial charge < -0.3 is 30.7 Å². The number of amidine groups is 1. The summed E-state index contributed by atoms with van der Waals surface area (Å²) in [5, 5.41) is 14.9. The molecule has 1 aromatic heterocycles. The highest BCUT2D eigenvalue weighted by Gasteiger charge is 2.52. The zero-order chi connectivity index (χ0) is 28.3. The third-order valence-electron chi connectivity index (χ3n) is 7.10. The van der Waals surface area contributed by atoms with Crippen LogP contribution >= 0.6 is 11.3 Å². The topological polar surface area (TPSA) is 147 Å². The molecule has 0 saturated carbocycles. The number of carbonyl (C=O) groups is 3. The Morgan fingerprint density at radius 2 is 1.82 bits per heavy atom. The van der Waals surface area contributed by atoms with E-state index < -0.39 is 17.7 Å². The highest BCUT2D eigenvalue weighted by atomic mass is 32.1. The molecule has 3 heterocycles.